The fourth-order valence-electron chi connectivity index (χ4n) is 3.06. The van der Waals surface area contributed by atoms with Crippen molar-refractivity contribution in [3.63, 3.8) is 0 Å². The minimum Gasteiger partial charge on any atom is -0.507 e. The number of phenols is 2. The molecule has 0 fully saturated rings. The second kappa shape index (κ2) is 8.69. The summed E-state index contributed by atoms with van der Waals surface area (Å²) in [6, 6.07) is 13.6. The van der Waals surface area contributed by atoms with Gasteiger partial charge in [-0.25, -0.2) is 0 Å². The van der Waals surface area contributed by atoms with Crippen LogP contribution in [0.5, 0.6) is 34.5 Å². The number of ether oxygens (including phenoxy) is 4. The van der Waals surface area contributed by atoms with E-state index in [0.29, 0.717) is 45.5 Å². The largest absolute Gasteiger partial charge is 0.507 e. The summed E-state index contributed by atoms with van der Waals surface area (Å²) in [7, 11) is 0. The molecule has 3 aromatic rings. The van der Waals surface area contributed by atoms with Crippen LogP contribution in [0.1, 0.15) is 11.1 Å². The normalized spacial score (nSPS) is 13.7. The maximum atomic E-state index is 10.2. The number of fused-ring (bicyclic) bond motifs is 2. The molecule has 31 heavy (non-hydrogen) atoms. The molecule has 8 nitrogen and oxygen atoms in total. The standard InChI is InChI=1S/C22H16N2O6.Pt/c25-17-7-21-19(27-11-29-21)5-13(17)9-23-15-3-1-2-4-16(15)24-10-14-6-20-22(8-18(14)26)30-12-28-20;/h1-10,25-26H,11-12H2;. The summed E-state index contributed by atoms with van der Waals surface area (Å²) >= 11 is 0. The third-order valence-corrected chi connectivity index (χ3v) is 4.61. The van der Waals surface area contributed by atoms with E-state index in [1.807, 2.05) is 12.1 Å². The predicted molar refractivity (Wildman–Crippen MR) is 109 cm³/mol. The second-order valence-corrected chi connectivity index (χ2v) is 6.53. The molecule has 0 saturated carbocycles. The molecule has 0 radical (unpaired) electrons. The van der Waals surface area contributed by atoms with Crippen LogP contribution in [0, 0.1) is 0 Å². The predicted octanol–water partition coefficient (Wildman–Crippen LogP) is 4.05. The summed E-state index contributed by atoms with van der Waals surface area (Å²) in [6.45, 7) is 0.249. The van der Waals surface area contributed by atoms with Gasteiger partial charge < -0.3 is 29.2 Å². The van der Waals surface area contributed by atoms with Gasteiger partial charge in [0.15, 0.2) is 23.0 Å². The van der Waals surface area contributed by atoms with E-state index in [1.54, 1.807) is 24.3 Å². The number of nitrogens with zero attached hydrogens (tertiary/aromatic N) is 2. The van der Waals surface area contributed by atoms with Crippen LogP contribution in [0.4, 0.5) is 11.4 Å². The number of hydrogen-bond acceptors (Lipinski definition) is 8. The minimum atomic E-state index is 0. The van der Waals surface area contributed by atoms with Gasteiger partial charge >= 0.3 is 0 Å². The summed E-state index contributed by atoms with van der Waals surface area (Å²) in [5, 5.41) is 20.4. The molecule has 0 aliphatic carbocycles. The van der Waals surface area contributed by atoms with Crippen molar-refractivity contribution in [3.05, 3.63) is 59.7 Å². The molecule has 0 amide bonds. The molecule has 0 unspecified atom stereocenters. The van der Waals surface area contributed by atoms with Crippen LogP contribution in [0.15, 0.2) is 58.5 Å². The number of aromatic hydroxyl groups is 2. The Hall–Kier alpha value is -3.51. The van der Waals surface area contributed by atoms with Gasteiger partial charge in [0, 0.05) is 56.8 Å². The first-order valence-electron chi connectivity index (χ1n) is 9.10. The van der Waals surface area contributed by atoms with Crippen molar-refractivity contribution in [1.82, 2.24) is 0 Å². The van der Waals surface area contributed by atoms with Gasteiger partial charge in [-0.2, -0.15) is 0 Å². The average molecular weight is 599 g/mol. The van der Waals surface area contributed by atoms with E-state index in [-0.39, 0.29) is 46.2 Å². The molecular formula is C22H16N2O6Pt. The Bertz CT molecular complexity index is 1100. The van der Waals surface area contributed by atoms with Crippen LogP contribution < -0.4 is 18.9 Å². The van der Waals surface area contributed by atoms with Gasteiger partial charge in [-0.1, -0.05) is 12.1 Å². The first-order valence-corrected chi connectivity index (χ1v) is 9.10. The first-order chi connectivity index (χ1) is 14.7. The Labute approximate surface area is 191 Å². The van der Waals surface area contributed by atoms with Gasteiger partial charge in [-0.05, 0) is 24.3 Å². The molecule has 5 rings (SSSR count). The van der Waals surface area contributed by atoms with Crippen molar-refractivity contribution in [3.8, 4) is 34.5 Å². The summed E-state index contributed by atoms with van der Waals surface area (Å²) in [5.74, 6) is 2.18. The van der Waals surface area contributed by atoms with Crippen molar-refractivity contribution in [2.45, 2.75) is 0 Å². The molecule has 2 N–H and O–H groups in total. The van der Waals surface area contributed by atoms with Gasteiger partial charge in [0.1, 0.15) is 11.5 Å². The van der Waals surface area contributed by atoms with Crippen LogP contribution >= 0.6 is 0 Å². The van der Waals surface area contributed by atoms with Gasteiger partial charge in [0.25, 0.3) is 0 Å². The number of benzene rings is 3. The second-order valence-electron chi connectivity index (χ2n) is 6.53. The maximum absolute atomic E-state index is 10.2. The molecule has 0 spiro atoms. The van der Waals surface area contributed by atoms with Crippen LogP contribution in [-0.4, -0.2) is 36.2 Å². The van der Waals surface area contributed by atoms with Gasteiger partial charge in [-0.15, -0.1) is 0 Å². The van der Waals surface area contributed by atoms with E-state index in [2.05, 4.69) is 9.98 Å². The Balaban J connectivity index is 0.00000231. The topological polar surface area (TPSA) is 102 Å². The van der Waals surface area contributed by atoms with Crippen molar-refractivity contribution in [2.75, 3.05) is 13.6 Å². The van der Waals surface area contributed by atoms with Crippen molar-refractivity contribution in [1.29, 1.82) is 0 Å². The molecule has 3 aromatic carbocycles. The van der Waals surface area contributed by atoms with Crippen molar-refractivity contribution in [2.24, 2.45) is 9.98 Å². The number of hydrogen-bond donors (Lipinski definition) is 2. The van der Waals surface area contributed by atoms with E-state index < -0.39 is 0 Å². The Morgan fingerprint density at radius 2 is 1.03 bits per heavy atom. The molecule has 9 heteroatoms. The zero-order valence-electron chi connectivity index (χ0n) is 15.9. The summed E-state index contributed by atoms with van der Waals surface area (Å²) in [6.07, 6.45) is 3.06. The van der Waals surface area contributed by atoms with E-state index in [4.69, 9.17) is 18.9 Å². The Morgan fingerprint density at radius 3 is 1.45 bits per heavy atom. The molecule has 2 heterocycles. The fraction of sp³-hybridized carbons (Fsp3) is 0.0909. The molecule has 0 aromatic heterocycles. The minimum absolute atomic E-state index is 0. The summed E-state index contributed by atoms with van der Waals surface area (Å²) < 4.78 is 21.2. The van der Waals surface area contributed by atoms with Gasteiger partial charge in [0.2, 0.25) is 13.6 Å². The number of aliphatic imine (C=N–C) groups is 2. The number of para-hydroxylation sites is 2. The van der Waals surface area contributed by atoms with Crippen molar-refractivity contribution < 1.29 is 50.2 Å². The average Bonchev–Trinajstić information content (AvgIpc) is 3.39. The third-order valence-electron chi connectivity index (χ3n) is 4.61. The SMILES string of the molecule is Oc1cc2c(cc1C=Nc1ccccc1N=Cc1cc3c(cc1O)OCO3)OCO2.[Pt]. The Kier molecular flexibility index (Phi) is 5.82. The van der Waals surface area contributed by atoms with Crippen LogP contribution in [0.2, 0.25) is 0 Å². The van der Waals surface area contributed by atoms with Gasteiger partial charge in [0.05, 0.1) is 11.4 Å². The summed E-state index contributed by atoms with van der Waals surface area (Å²) in [4.78, 5) is 8.91. The smallest absolute Gasteiger partial charge is 0.231 e. The zero-order chi connectivity index (χ0) is 20.5. The molecule has 0 atom stereocenters. The quantitative estimate of drug-likeness (QED) is 0.439. The number of phenolic OH excluding ortho intramolecular Hbond substituents is 2. The van der Waals surface area contributed by atoms with Crippen LogP contribution in [0.25, 0.3) is 0 Å². The van der Waals surface area contributed by atoms with E-state index in [9.17, 15) is 10.2 Å². The molecule has 0 saturated heterocycles. The maximum Gasteiger partial charge on any atom is 0.231 e. The van der Waals surface area contributed by atoms with Gasteiger partial charge in [-0.3, -0.25) is 9.98 Å². The van der Waals surface area contributed by atoms with Crippen LogP contribution in [-0.2, 0) is 21.1 Å². The first kappa shape index (κ1) is 20.7. The van der Waals surface area contributed by atoms with Crippen molar-refractivity contribution >= 4 is 23.8 Å². The zero-order valence-corrected chi connectivity index (χ0v) is 18.2. The molecule has 0 bridgehead atoms. The summed E-state index contributed by atoms with van der Waals surface area (Å²) in [5.41, 5.74) is 2.16. The molecule has 160 valence electrons. The van der Waals surface area contributed by atoms with E-state index in [0.717, 1.165) is 0 Å². The molecule has 2 aliphatic heterocycles. The van der Waals surface area contributed by atoms with E-state index >= 15 is 0 Å². The molecular weight excluding hydrogens is 583 g/mol. The number of rotatable bonds is 4. The Morgan fingerprint density at radius 1 is 0.645 bits per heavy atom. The third kappa shape index (κ3) is 4.20. The fourth-order valence-corrected chi connectivity index (χ4v) is 3.06. The molecule has 2 aliphatic rings. The van der Waals surface area contributed by atoms with E-state index in [1.165, 1.54) is 24.6 Å². The monoisotopic (exact) mass is 599 g/mol. The van der Waals surface area contributed by atoms with Crippen LogP contribution in [0.3, 0.4) is 0 Å².